The molecular weight excluding hydrogens is 536 g/mol. The molecule has 4 rings (SSSR count). The van der Waals surface area contributed by atoms with E-state index in [1.165, 1.54) is 14.2 Å². The number of hydrogen-bond acceptors (Lipinski definition) is 10. The topological polar surface area (TPSA) is 124 Å². The lowest BCUT2D eigenvalue weighted by molar-refractivity contribution is -0.132. The number of anilines is 1. The zero-order chi connectivity index (χ0) is 29.0. The van der Waals surface area contributed by atoms with Crippen molar-refractivity contribution in [3.63, 3.8) is 0 Å². The minimum absolute atomic E-state index is 0.0877. The summed E-state index contributed by atoms with van der Waals surface area (Å²) in [6.07, 6.45) is 1.60. The van der Waals surface area contributed by atoms with Gasteiger partial charge in [0.1, 0.15) is 40.5 Å². The third-order valence-corrected chi connectivity index (χ3v) is 7.26. The summed E-state index contributed by atoms with van der Waals surface area (Å²) < 4.78 is 21.6. The van der Waals surface area contributed by atoms with Crippen molar-refractivity contribution in [3.8, 4) is 17.2 Å². The number of aromatic nitrogens is 1. The number of thiazole rings is 1. The summed E-state index contributed by atoms with van der Waals surface area (Å²) in [5.41, 5.74) is 0.825. The number of benzene rings is 2. The van der Waals surface area contributed by atoms with Crippen LogP contribution in [0.2, 0.25) is 0 Å². The van der Waals surface area contributed by atoms with E-state index in [-0.39, 0.29) is 22.2 Å². The van der Waals surface area contributed by atoms with E-state index in [2.05, 4.69) is 11.6 Å². The highest BCUT2D eigenvalue weighted by atomic mass is 32.1. The van der Waals surface area contributed by atoms with Crippen molar-refractivity contribution in [2.24, 2.45) is 0 Å². The van der Waals surface area contributed by atoms with Crippen LogP contribution < -0.4 is 19.1 Å². The molecule has 0 aliphatic carbocycles. The van der Waals surface area contributed by atoms with Crippen LogP contribution >= 0.6 is 11.3 Å². The second-order valence-electron chi connectivity index (χ2n) is 8.53. The number of carbonyl (C=O) groups is 3. The molecule has 3 aromatic rings. The minimum atomic E-state index is -1.15. The van der Waals surface area contributed by atoms with Crippen LogP contribution in [-0.4, -0.2) is 55.2 Å². The first-order valence-corrected chi connectivity index (χ1v) is 13.1. The molecule has 1 N–H and O–H groups in total. The zero-order valence-corrected chi connectivity index (χ0v) is 23.2. The summed E-state index contributed by atoms with van der Waals surface area (Å²) in [5.74, 6) is -1.52. The van der Waals surface area contributed by atoms with Crippen molar-refractivity contribution in [3.05, 3.63) is 82.4 Å². The quantitative estimate of drug-likeness (QED) is 0.121. The molecule has 0 radical (unpaired) electrons. The van der Waals surface area contributed by atoms with Gasteiger partial charge in [-0.15, -0.1) is 0 Å². The fourth-order valence-electron chi connectivity index (χ4n) is 4.27. The Bertz CT molecular complexity index is 1490. The number of esters is 1. The number of ketones is 1. The minimum Gasteiger partial charge on any atom is -0.507 e. The Kier molecular flexibility index (Phi) is 8.54. The summed E-state index contributed by atoms with van der Waals surface area (Å²) in [6, 6.07) is 10.2. The lowest BCUT2D eigenvalue weighted by atomic mass is 9.94. The van der Waals surface area contributed by atoms with Crippen LogP contribution in [0.5, 0.6) is 17.2 Å². The van der Waals surface area contributed by atoms with E-state index >= 15 is 0 Å². The van der Waals surface area contributed by atoms with Crippen LogP contribution in [0.3, 0.4) is 0 Å². The molecule has 10 nitrogen and oxygen atoms in total. The summed E-state index contributed by atoms with van der Waals surface area (Å²) in [5, 5.41) is 11.5. The van der Waals surface area contributed by atoms with Gasteiger partial charge in [-0.05, 0) is 56.3 Å². The fraction of sp³-hybridized carbons (Fsp3) is 0.241. The van der Waals surface area contributed by atoms with E-state index in [4.69, 9.17) is 18.9 Å². The molecule has 1 aliphatic heterocycles. The van der Waals surface area contributed by atoms with E-state index in [1.807, 2.05) is 0 Å². The van der Waals surface area contributed by atoms with E-state index in [0.29, 0.717) is 40.7 Å². The van der Waals surface area contributed by atoms with Gasteiger partial charge in [-0.25, -0.2) is 9.78 Å². The number of Topliss-reactive ketones (excluding diaryl/α,β-unsaturated/α-hetero) is 1. The van der Waals surface area contributed by atoms with Crippen LogP contribution in [0.15, 0.2) is 60.7 Å². The number of amides is 1. The second kappa shape index (κ2) is 12.0. The molecule has 11 heteroatoms. The van der Waals surface area contributed by atoms with E-state index in [9.17, 15) is 19.5 Å². The second-order valence-corrected chi connectivity index (χ2v) is 9.51. The zero-order valence-electron chi connectivity index (χ0n) is 22.4. The Morgan fingerprint density at radius 1 is 1.12 bits per heavy atom. The maximum atomic E-state index is 13.6. The first-order chi connectivity index (χ1) is 19.2. The van der Waals surface area contributed by atoms with Crippen LogP contribution in [0.4, 0.5) is 5.13 Å². The molecule has 1 atom stereocenters. The summed E-state index contributed by atoms with van der Waals surface area (Å²) >= 11 is 0.918. The van der Waals surface area contributed by atoms with E-state index < -0.39 is 29.5 Å². The van der Waals surface area contributed by atoms with Gasteiger partial charge in [-0.1, -0.05) is 24.0 Å². The van der Waals surface area contributed by atoms with Crippen molar-refractivity contribution in [1.29, 1.82) is 0 Å². The van der Waals surface area contributed by atoms with Gasteiger partial charge in [-0.3, -0.25) is 14.5 Å². The smallest absolute Gasteiger partial charge is 0.350 e. The van der Waals surface area contributed by atoms with Crippen LogP contribution in [-0.2, 0) is 14.3 Å². The number of nitrogens with zero attached hydrogens (tertiary/aromatic N) is 2. The standard InChI is InChI=1S/C29H28N2O8S/c1-6-14-39-18-10-8-17(9-11-18)24(32)22-23(20-15-19(36-4)12-13-21(20)37-5)31(27(34)25(22)33)29-30-16(3)26(40-29)28(35)38-7-2/h6,8-13,15,23,32H,1,7,14H2,2-5H3/b24-22+. The number of aliphatic hydroxyl groups is 1. The maximum Gasteiger partial charge on any atom is 0.350 e. The lowest BCUT2D eigenvalue weighted by Crippen LogP contribution is -2.29. The number of aryl methyl sites for hydroxylation is 1. The maximum absolute atomic E-state index is 13.6. The number of aliphatic hydroxyl groups excluding tert-OH is 1. The SMILES string of the molecule is C=CCOc1ccc(/C(O)=C2\C(=O)C(=O)N(c3nc(C)c(C(=O)OCC)s3)C2c2cc(OC)ccc2OC)cc1. The first-order valence-electron chi connectivity index (χ1n) is 12.3. The summed E-state index contributed by atoms with van der Waals surface area (Å²) in [7, 11) is 2.93. The molecule has 1 saturated heterocycles. The highest BCUT2D eigenvalue weighted by Gasteiger charge is 2.49. The Morgan fingerprint density at radius 3 is 2.45 bits per heavy atom. The summed E-state index contributed by atoms with van der Waals surface area (Å²) in [6.45, 7) is 7.37. The number of ether oxygens (including phenoxy) is 4. The van der Waals surface area contributed by atoms with Gasteiger partial charge in [0, 0.05) is 11.1 Å². The predicted molar refractivity (Wildman–Crippen MR) is 149 cm³/mol. The van der Waals surface area contributed by atoms with Crippen molar-refractivity contribution in [1.82, 2.24) is 4.98 Å². The van der Waals surface area contributed by atoms with Crippen molar-refractivity contribution >= 4 is 39.9 Å². The van der Waals surface area contributed by atoms with Gasteiger partial charge >= 0.3 is 11.9 Å². The third-order valence-electron chi connectivity index (χ3n) is 6.12. The van der Waals surface area contributed by atoms with Crippen LogP contribution in [0.1, 0.15) is 39.5 Å². The molecule has 2 aromatic carbocycles. The predicted octanol–water partition coefficient (Wildman–Crippen LogP) is 4.84. The molecule has 1 unspecified atom stereocenters. The lowest BCUT2D eigenvalue weighted by Gasteiger charge is -2.25. The van der Waals surface area contributed by atoms with Gasteiger partial charge in [0.2, 0.25) is 0 Å². The van der Waals surface area contributed by atoms with Gasteiger partial charge in [0.15, 0.2) is 5.13 Å². The highest BCUT2D eigenvalue weighted by molar-refractivity contribution is 7.17. The van der Waals surface area contributed by atoms with Crippen molar-refractivity contribution in [2.75, 3.05) is 32.3 Å². The van der Waals surface area contributed by atoms with E-state index in [1.54, 1.807) is 62.4 Å². The fourth-order valence-corrected chi connectivity index (χ4v) is 5.26. The normalized spacial score (nSPS) is 16.1. The largest absolute Gasteiger partial charge is 0.507 e. The molecule has 1 aromatic heterocycles. The number of rotatable bonds is 10. The third kappa shape index (κ3) is 5.28. The molecule has 208 valence electrons. The molecule has 1 amide bonds. The van der Waals surface area contributed by atoms with Crippen molar-refractivity contribution < 1.29 is 38.4 Å². The average molecular weight is 565 g/mol. The van der Waals surface area contributed by atoms with Gasteiger partial charge in [0.05, 0.1) is 32.1 Å². The Balaban J connectivity index is 1.93. The monoisotopic (exact) mass is 564 g/mol. The molecule has 0 bridgehead atoms. The number of methoxy groups -OCH3 is 2. The Labute approximate surface area is 235 Å². The Hall–Kier alpha value is -4.64. The molecule has 2 heterocycles. The molecule has 1 aliphatic rings. The van der Waals surface area contributed by atoms with Crippen LogP contribution in [0, 0.1) is 6.92 Å². The highest BCUT2D eigenvalue weighted by Crippen LogP contribution is 2.47. The van der Waals surface area contributed by atoms with Gasteiger partial charge in [0.25, 0.3) is 5.78 Å². The van der Waals surface area contributed by atoms with Gasteiger partial charge in [-0.2, -0.15) is 0 Å². The summed E-state index contributed by atoms with van der Waals surface area (Å²) in [4.78, 5) is 45.4. The number of carbonyl (C=O) groups excluding carboxylic acids is 3. The first kappa shape index (κ1) is 28.4. The molecule has 40 heavy (non-hydrogen) atoms. The van der Waals surface area contributed by atoms with E-state index in [0.717, 1.165) is 16.2 Å². The number of hydrogen-bond donors (Lipinski definition) is 1. The van der Waals surface area contributed by atoms with Gasteiger partial charge < -0.3 is 24.1 Å². The Morgan fingerprint density at radius 2 is 1.82 bits per heavy atom. The van der Waals surface area contributed by atoms with Crippen LogP contribution in [0.25, 0.3) is 5.76 Å². The molecule has 0 spiro atoms. The molecule has 1 fully saturated rings. The average Bonchev–Trinajstić information content (AvgIpc) is 3.47. The molecule has 0 saturated carbocycles. The van der Waals surface area contributed by atoms with Crippen molar-refractivity contribution in [2.45, 2.75) is 19.9 Å². The molecular formula is C29H28N2O8S.